The Morgan fingerprint density at radius 1 is 0.966 bits per heavy atom. The highest BCUT2D eigenvalue weighted by Crippen LogP contribution is 2.30. The normalized spacial score (nSPS) is 19.7. The summed E-state index contributed by atoms with van der Waals surface area (Å²) in [6.45, 7) is 3.11. The van der Waals surface area contributed by atoms with Crippen molar-refractivity contribution in [2.75, 3.05) is 19.6 Å². The molecule has 2 aromatic rings. The van der Waals surface area contributed by atoms with Crippen molar-refractivity contribution in [3.8, 4) is 11.5 Å². The maximum Gasteiger partial charge on any atom is 0.251 e. The van der Waals surface area contributed by atoms with E-state index in [0.717, 1.165) is 37.7 Å². The molecule has 1 amide bonds. The third kappa shape index (κ3) is 4.48. The smallest absolute Gasteiger partial charge is 0.251 e. The Bertz CT molecular complexity index is 886. The van der Waals surface area contributed by atoms with Crippen LogP contribution >= 0.6 is 0 Å². The lowest BCUT2D eigenvalue weighted by Crippen LogP contribution is -2.41. The van der Waals surface area contributed by atoms with Gasteiger partial charge >= 0.3 is 0 Å². The molecule has 4 heteroatoms. The van der Waals surface area contributed by atoms with E-state index in [1.165, 1.54) is 49.8 Å². The lowest BCUT2D eigenvalue weighted by atomic mass is 9.91. The van der Waals surface area contributed by atoms with Crippen LogP contribution in [-0.4, -0.2) is 36.5 Å². The van der Waals surface area contributed by atoms with Crippen LogP contribution in [0, 0.1) is 5.92 Å². The van der Waals surface area contributed by atoms with E-state index in [9.17, 15) is 4.79 Å². The molecule has 0 unspecified atom stereocenters. The van der Waals surface area contributed by atoms with Gasteiger partial charge in [-0.25, -0.2) is 0 Å². The van der Waals surface area contributed by atoms with E-state index < -0.39 is 0 Å². The van der Waals surface area contributed by atoms with Gasteiger partial charge in [0, 0.05) is 31.2 Å². The highest BCUT2D eigenvalue weighted by atomic mass is 16.5. The Kier molecular flexibility index (Phi) is 5.28. The van der Waals surface area contributed by atoms with Crippen molar-refractivity contribution >= 4 is 5.91 Å². The van der Waals surface area contributed by atoms with Crippen molar-refractivity contribution in [2.24, 2.45) is 5.92 Å². The first-order chi connectivity index (χ1) is 14.2. The van der Waals surface area contributed by atoms with Gasteiger partial charge in [0.05, 0.1) is 0 Å². The SMILES string of the molecule is O=C(NCC1CC1)c1cccc(Oc2ccc3c(c2)CCN(C2CCC2)CC3)c1. The Morgan fingerprint density at radius 2 is 1.76 bits per heavy atom. The van der Waals surface area contributed by atoms with Crippen LogP contribution in [0.2, 0.25) is 0 Å². The van der Waals surface area contributed by atoms with E-state index in [0.29, 0.717) is 17.2 Å². The second kappa shape index (κ2) is 8.19. The first-order valence-electron chi connectivity index (χ1n) is 11.2. The van der Waals surface area contributed by atoms with Crippen molar-refractivity contribution in [1.82, 2.24) is 10.2 Å². The van der Waals surface area contributed by atoms with Crippen LogP contribution in [0.3, 0.4) is 0 Å². The van der Waals surface area contributed by atoms with Crippen LogP contribution in [0.1, 0.15) is 53.6 Å². The molecule has 1 aliphatic heterocycles. The maximum absolute atomic E-state index is 12.4. The summed E-state index contributed by atoms with van der Waals surface area (Å²) < 4.78 is 6.13. The number of benzene rings is 2. The zero-order valence-electron chi connectivity index (χ0n) is 17.0. The summed E-state index contributed by atoms with van der Waals surface area (Å²) in [5.74, 6) is 2.24. The highest BCUT2D eigenvalue weighted by Gasteiger charge is 2.26. The van der Waals surface area contributed by atoms with E-state index in [2.05, 4.69) is 28.4 Å². The van der Waals surface area contributed by atoms with E-state index in [4.69, 9.17) is 4.74 Å². The molecule has 0 saturated heterocycles. The molecular formula is C25H30N2O2. The maximum atomic E-state index is 12.4. The number of hydrogen-bond donors (Lipinski definition) is 1. The summed E-state index contributed by atoms with van der Waals surface area (Å²) in [6, 6.07) is 14.8. The van der Waals surface area contributed by atoms with E-state index in [1.807, 2.05) is 24.3 Å². The van der Waals surface area contributed by atoms with Gasteiger partial charge in [-0.15, -0.1) is 0 Å². The molecule has 2 aliphatic carbocycles. The molecule has 29 heavy (non-hydrogen) atoms. The third-order valence-corrected chi connectivity index (χ3v) is 6.69. The zero-order chi connectivity index (χ0) is 19.6. The van der Waals surface area contributed by atoms with Gasteiger partial charge in [-0.05, 0) is 85.9 Å². The first kappa shape index (κ1) is 18.7. The fourth-order valence-electron chi connectivity index (χ4n) is 4.40. The average Bonchev–Trinajstić information content (AvgIpc) is 3.53. The minimum absolute atomic E-state index is 0.0136. The molecule has 2 aromatic carbocycles. The van der Waals surface area contributed by atoms with Crippen LogP contribution < -0.4 is 10.1 Å². The summed E-state index contributed by atoms with van der Waals surface area (Å²) in [4.78, 5) is 15.0. The lowest BCUT2D eigenvalue weighted by Gasteiger charge is -2.36. The van der Waals surface area contributed by atoms with Crippen LogP contribution in [-0.2, 0) is 12.8 Å². The molecular weight excluding hydrogens is 360 g/mol. The van der Waals surface area contributed by atoms with Crippen molar-refractivity contribution in [3.63, 3.8) is 0 Å². The number of carbonyl (C=O) groups excluding carboxylic acids is 1. The predicted molar refractivity (Wildman–Crippen MR) is 115 cm³/mol. The van der Waals surface area contributed by atoms with Crippen molar-refractivity contribution < 1.29 is 9.53 Å². The summed E-state index contributed by atoms with van der Waals surface area (Å²) >= 11 is 0. The topological polar surface area (TPSA) is 41.6 Å². The highest BCUT2D eigenvalue weighted by molar-refractivity contribution is 5.94. The van der Waals surface area contributed by atoms with Crippen molar-refractivity contribution in [3.05, 3.63) is 59.2 Å². The summed E-state index contributed by atoms with van der Waals surface area (Å²) in [5.41, 5.74) is 3.52. The molecule has 2 fully saturated rings. The largest absolute Gasteiger partial charge is 0.457 e. The van der Waals surface area contributed by atoms with Crippen molar-refractivity contribution in [2.45, 2.75) is 51.0 Å². The number of nitrogens with one attached hydrogen (secondary N) is 1. The number of ether oxygens (including phenoxy) is 1. The number of carbonyl (C=O) groups is 1. The van der Waals surface area contributed by atoms with E-state index >= 15 is 0 Å². The van der Waals surface area contributed by atoms with Gasteiger partial charge in [-0.1, -0.05) is 18.6 Å². The van der Waals surface area contributed by atoms with Gasteiger partial charge in [0.1, 0.15) is 11.5 Å². The van der Waals surface area contributed by atoms with Gasteiger partial charge in [0.2, 0.25) is 0 Å². The summed E-state index contributed by atoms with van der Waals surface area (Å²) in [6.07, 6.45) is 8.82. The van der Waals surface area contributed by atoms with Crippen LogP contribution in [0.4, 0.5) is 0 Å². The fourth-order valence-corrected chi connectivity index (χ4v) is 4.40. The molecule has 5 rings (SSSR count). The lowest BCUT2D eigenvalue weighted by molar-refractivity contribution is 0.0951. The Balaban J connectivity index is 1.24. The zero-order valence-corrected chi connectivity index (χ0v) is 17.0. The summed E-state index contributed by atoms with van der Waals surface area (Å²) in [5, 5.41) is 3.02. The number of hydrogen-bond acceptors (Lipinski definition) is 3. The molecule has 1 heterocycles. The fraction of sp³-hybridized carbons (Fsp3) is 0.480. The van der Waals surface area contributed by atoms with Gasteiger partial charge in [-0.2, -0.15) is 0 Å². The van der Waals surface area contributed by atoms with Gasteiger partial charge in [0.25, 0.3) is 5.91 Å². The van der Waals surface area contributed by atoms with Gasteiger partial charge < -0.3 is 10.1 Å². The second-order valence-electron chi connectivity index (χ2n) is 8.83. The Labute approximate surface area is 173 Å². The molecule has 1 N–H and O–H groups in total. The molecule has 0 bridgehead atoms. The number of amides is 1. The van der Waals surface area contributed by atoms with E-state index in [-0.39, 0.29) is 5.91 Å². The Hall–Kier alpha value is -2.33. The summed E-state index contributed by atoms with van der Waals surface area (Å²) in [7, 11) is 0. The first-order valence-corrected chi connectivity index (χ1v) is 11.2. The van der Waals surface area contributed by atoms with Crippen LogP contribution in [0.15, 0.2) is 42.5 Å². The molecule has 4 nitrogen and oxygen atoms in total. The number of fused-ring (bicyclic) bond motifs is 1. The van der Waals surface area contributed by atoms with Crippen LogP contribution in [0.5, 0.6) is 11.5 Å². The quantitative estimate of drug-likeness (QED) is 0.785. The monoisotopic (exact) mass is 390 g/mol. The number of rotatable bonds is 6. The molecule has 0 atom stereocenters. The molecule has 3 aliphatic rings. The molecule has 2 saturated carbocycles. The molecule has 0 aromatic heterocycles. The Morgan fingerprint density at radius 3 is 2.52 bits per heavy atom. The molecule has 0 radical (unpaired) electrons. The predicted octanol–water partition coefficient (Wildman–Crippen LogP) is 4.57. The number of nitrogens with zero attached hydrogens (tertiary/aromatic N) is 1. The van der Waals surface area contributed by atoms with E-state index in [1.54, 1.807) is 0 Å². The minimum Gasteiger partial charge on any atom is -0.457 e. The standard InChI is InChI=1S/C25H30N2O2/c28-25(26-17-18-7-8-18)21-3-1-6-23(16-21)29-24-10-9-19-11-13-27(22-4-2-5-22)14-12-20(19)15-24/h1,3,6,9-10,15-16,18,22H,2,4-5,7-8,11-14,17H2,(H,26,28). The third-order valence-electron chi connectivity index (χ3n) is 6.69. The average molecular weight is 391 g/mol. The minimum atomic E-state index is -0.0136. The molecule has 0 spiro atoms. The van der Waals surface area contributed by atoms with Gasteiger partial charge in [-0.3, -0.25) is 9.69 Å². The molecule has 152 valence electrons. The van der Waals surface area contributed by atoms with Gasteiger partial charge in [0.15, 0.2) is 0 Å². The van der Waals surface area contributed by atoms with Crippen LogP contribution in [0.25, 0.3) is 0 Å². The van der Waals surface area contributed by atoms with Crippen molar-refractivity contribution in [1.29, 1.82) is 0 Å². The second-order valence-corrected chi connectivity index (χ2v) is 8.83.